The third kappa shape index (κ3) is 3.54. The van der Waals surface area contributed by atoms with Crippen LogP contribution in [0, 0.1) is 0 Å². The molecule has 0 aliphatic carbocycles. The van der Waals surface area contributed by atoms with Crippen molar-refractivity contribution in [1.29, 1.82) is 0 Å². The van der Waals surface area contributed by atoms with Crippen LogP contribution in [-0.4, -0.2) is 34.8 Å². The molecule has 0 bridgehead atoms. The fourth-order valence-corrected chi connectivity index (χ4v) is 3.48. The summed E-state index contributed by atoms with van der Waals surface area (Å²) in [6.45, 7) is 4.23. The van der Waals surface area contributed by atoms with Gasteiger partial charge in [0.1, 0.15) is 6.10 Å². The SMILES string of the molecule is CCc1nnc([C@H]2CN(C(c3ccccc3)c3ccccc3)CCO2)o1. The first-order valence-electron chi connectivity index (χ1n) is 9.13. The summed E-state index contributed by atoms with van der Waals surface area (Å²) >= 11 is 0. The molecule has 0 spiro atoms. The summed E-state index contributed by atoms with van der Waals surface area (Å²) in [6.07, 6.45) is 0.548. The molecular weight excluding hydrogens is 326 g/mol. The fraction of sp³-hybridized carbons (Fsp3) is 0.333. The Morgan fingerprint density at radius 1 is 1.00 bits per heavy atom. The van der Waals surface area contributed by atoms with Crippen LogP contribution in [0.2, 0.25) is 0 Å². The first-order chi connectivity index (χ1) is 12.8. The third-order valence-electron chi connectivity index (χ3n) is 4.75. The molecule has 0 radical (unpaired) electrons. The second-order valence-corrected chi connectivity index (χ2v) is 6.47. The van der Waals surface area contributed by atoms with Gasteiger partial charge in [0.05, 0.1) is 12.6 Å². The van der Waals surface area contributed by atoms with Crippen molar-refractivity contribution in [2.24, 2.45) is 0 Å². The molecule has 26 heavy (non-hydrogen) atoms. The Morgan fingerprint density at radius 2 is 1.65 bits per heavy atom. The Hall–Kier alpha value is -2.50. The average molecular weight is 349 g/mol. The van der Waals surface area contributed by atoms with Gasteiger partial charge in [-0.25, -0.2) is 0 Å². The number of hydrogen-bond acceptors (Lipinski definition) is 5. The molecule has 2 aromatic carbocycles. The number of aromatic nitrogens is 2. The third-order valence-corrected chi connectivity index (χ3v) is 4.75. The molecule has 1 saturated heterocycles. The number of hydrogen-bond donors (Lipinski definition) is 0. The van der Waals surface area contributed by atoms with Crippen molar-refractivity contribution in [3.05, 3.63) is 83.6 Å². The van der Waals surface area contributed by atoms with Gasteiger partial charge < -0.3 is 9.15 Å². The molecule has 3 aromatic rings. The van der Waals surface area contributed by atoms with Crippen LogP contribution in [0.5, 0.6) is 0 Å². The molecule has 1 aliphatic rings. The van der Waals surface area contributed by atoms with E-state index in [0.29, 0.717) is 18.4 Å². The van der Waals surface area contributed by atoms with Gasteiger partial charge in [-0.2, -0.15) is 0 Å². The summed E-state index contributed by atoms with van der Waals surface area (Å²) < 4.78 is 11.7. The van der Waals surface area contributed by atoms with Crippen LogP contribution in [0.15, 0.2) is 65.1 Å². The number of rotatable bonds is 5. The second-order valence-electron chi connectivity index (χ2n) is 6.47. The van der Waals surface area contributed by atoms with Crippen molar-refractivity contribution in [2.75, 3.05) is 19.7 Å². The molecule has 1 aliphatic heterocycles. The van der Waals surface area contributed by atoms with Gasteiger partial charge in [-0.15, -0.1) is 10.2 Å². The summed E-state index contributed by atoms with van der Waals surface area (Å²) in [6, 6.07) is 21.4. The van der Waals surface area contributed by atoms with Crippen LogP contribution in [0.3, 0.4) is 0 Å². The summed E-state index contributed by atoms with van der Waals surface area (Å²) in [5.41, 5.74) is 2.55. The zero-order chi connectivity index (χ0) is 17.8. The lowest BCUT2D eigenvalue weighted by atomic mass is 9.96. The van der Waals surface area contributed by atoms with E-state index >= 15 is 0 Å². The van der Waals surface area contributed by atoms with Gasteiger partial charge in [0, 0.05) is 19.5 Å². The van der Waals surface area contributed by atoms with Gasteiger partial charge in [0.15, 0.2) is 0 Å². The first-order valence-corrected chi connectivity index (χ1v) is 9.13. The lowest BCUT2D eigenvalue weighted by Gasteiger charge is -2.37. The summed E-state index contributed by atoms with van der Waals surface area (Å²) in [4.78, 5) is 2.44. The fourth-order valence-electron chi connectivity index (χ4n) is 3.48. The normalized spacial score (nSPS) is 18.3. The molecule has 1 aromatic heterocycles. The molecule has 2 heterocycles. The molecule has 1 fully saturated rings. The van der Waals surface area contributed by atoms with E-state index in [-0.39, 0.29) is 12.1 Å². The number of nitrogens with zero attached hydrogens (tertiary/aromatic N) is 3. The second kappa shape index (κ2) is 7.81. The zero-order valence-electron chi connectivity index (χ0n) is 14.9. The van der Waals surface area contributed by atoms with Crippen molar-refractivity contribution in [3.8, 4) is 0 Å². The van der Waals surface area contributed by atoms with E-state index in [9.17, 15) is 0 Å². The largest absolute Gasteiger partial charge is 0.422 e. The Bertz CT molecular complexity index is 780. The maximum atomic E-state index is 5.94. The minimum absolute atomic E-state index is 0.178. The van der Waals surface area contributed by atoms with Gasteiger partial charge in [0.2, 0.25) is 11.8 Å². The summed E-state index contributed by atoms with van der Waals surface area (Å²) in [7, 11) is 0. The highest BCUT2D eigenvalue weighted by molar-refractivity contribution is 5.32. The predicted octanol–water partition coefficient (Wildman–Crippen LogP) is 3.79. The van der Waals surface area contributed by atoms with Gasteiger partial charge in [-0.05, 0) is 11.1 Å². The average Bonchev–Trinajstić information content (AvgIpc) is 3.20. The maximum absolute atomic E-state index is 5.94. The van der Waals surface area contributed by atoms with Crippen LogP contribution in [0.25, 0.3) is 0 Å². The number of benzene rings is 2. The quantitative estimate of drug-likeness (QED) is 0.701. The van der Waals surface area contributed by atoms with Crippen molar-refractivity contribution in [1.82, 2.24) is 15.1 Å². The highest BCUT2D eigenvalue weighted by atomic mass is 16.5. The maximum Gasteiger partial charge on any atom is 0.246 e. The monoisotopic (exact) mass is 349 g/mol. The predicted molar refractivity (Wildman–Crippen MR) is 98.7 cm³/mol. The lowest BCUT2D eigenvalue weighted by molar-refractivity contribution is -0.0524. The molecule has 0 amide bonds. The standard InChI is InChI=1S/C21H23N3O2/c1-2-19-22-23-21(26-19)18-15-24(13-14-25-18)20(16-9-5-3-6-10-16)17-11-7-4-8-12-17/h3-12,18,20H,2,13-15H2,1H3/t18-/m1/s1. The van der Waals surface area contributed by atoms with E-state index in [4.69, 9.17) is 9.15 Å². The smallest absolute Gasteiger partial charge is 0.246 e. The minimum Gasteiger partial charge on any atom is -0.422 e. The van der Waals surface area contributed by atoms with Gasteiger partial charge in [-0.1, -0.05) is 67.6 Å². The highest BCUT2D eigenvalue weighted by Gasteiger charge is 2.31. The molecule has 0 saturated carbocycles. The Kier molecular flexibility index (Phi) is 5.09. The van der Waals surface area contributed by atoms with Crippen LogP contribution >= 0.6 is 0 Å². The minimum atomic E-state index is -0.188. The molecule has 5 heteroatoms. The van der Waals surface area contributed by atoms with E-state index < -0.39 is 0 Å². The van der Waals surface area contributed by atoms with E-state index in [1.165, 1.54) is 11.1 Å². The lowest BCUT2D eigenvalue weighted by Crippen LogP contribution is -2.41. The summed E-state index contributed by atoms with van der Waals surface area (Å²) in [5.74, 6) is 1.23. The molecular formula is C21H23N3O2. The molecule has 0 unspecified atom stereocenters. The Morgan fingerprint density at radius 3 is 2.23 bits per heavy atom. The summed E-state index contributed by atoms with van der Waals surface area (Å²) in [5, 5.41) is 8.26. The number of ether oxygens (including phenoxy) is 1. The van der Waals surface area contributed by atoms with Crippen LogP contribution in [0.4, 0.5) is 0 Å². The van der Waals surface area contributed by atoms with Crippen LogP contribution in [-0.2, 0) is 11.2 Å². The van der Waals surface area contributed by atoms with Crippen molar-refractivity contribution < 1.29 is 9.15 Å². The molecule has 134 valence electrons. The van der Waals surface area contributed by atoms with Gasteiger partial charge in [-0.3, -0.25) is 4.90 Å². The van der Waals surface area contributed by atoms with Crippen molar-refractivity contribution in [2.45, 2.75) is 25.5 Å². The van der Waals surface area contributed by atoms with E-state index in [0.717, 1.165) is 19.5 Å². The van der Waals surface area contributed by atoms with Crippen LogP contribution < -0.4 is 0 Å². The highest BCUT2D eigenvalue weighted by Crippen LogP contribution is 2.33. The number of morpholine rings is 1. The van der Waals surface area contributed by atoms with E-state index in [2.05, 4.69) is 75.8 Å². The zero-order valence-corrected chi connectivity index (χ0v) is 14.9. The Labute approximate surface area is 153 Å². The topological polar surface area (TPSA) is 51.4 Å². The van der Waals surface area contributed by atoms with Gasteiger partial charge in [0.25, 0.3) is 0 Å². The van der Waals surface area contributed by atoms with Gasteiger partial charge >= 0.3 is 0 Å². The van der Waals surface area contributed by atoms with Crippen molar-refractivity contribution >= 4 is 0 Å². The molecule has 4 rings (SSSR count). The van der Waals surface area contributed by atoms with E-state index in [1.807, 2.05) is 6.92 Å². The molecule has 5 nitrogen and oxygen atoms in total. The van der Waals surface area contributed by atoms with Crippen LogP contribution in [0.1, 0.15) is 42.0 Å². The molecule has 0 N–H and O–H groups in total. The Balaban J connectivity index is 1.63. The first kappa shape index (κ1) is 16.9. The van der Waals surface area contributed by atoms with Crippen molar-refractivity contribution in [3.63, 3.8) is 0 Å². The number of aryl methyl sites for hydroxylation is 1. The molecule has 1 atom stereocenters. The van der Waals surface area contributed by atoms with E-state index in [1.54, 1.807) is 0 Å².